The molecule has 0 fully saturated rings. The van der Waals surface area contributed by atoms with Crippen LogP contribution < -0.4 is 4.74 Å². The molecule has 2 aromatic carbocycles. The van der Waals surface area contributed by atoms with E-state index in [1.165, 1.54) is 64.2 Å². The maximum Gasteiger partial charge on any atom is 0.306 e. The molecule has 0 spiro atoms. The third-order valence-electron chi connectivity index (χ3n) is 6.14. The number of hydrogen-bond donors (Lipinski definition) is 0. The number of carbonyl (C=O) groups is 1. The lowest BCUT2D eigenvalue weighted by molar-refractivity contribution is -0.148. The van der Waals surface area contributed by atoms with Crippen molar-refractivity contribution in [2.45, 2.75) is 110 Å². The zero-order chi connectivity index (χ0) is 23.6. The zero-order valence-electron chi connectivity index (χ0n) is 20.9. The van der Waals surface area contributed by atoms with Crippen molar-refractivity contribution in [2.24, 2.45) is 0 Å². The number of unbranched alkanes of at least 4 members (excludes halogenated alkanes) is 11. The first kappa shape index (κ1) is 27.0. The van der Waals surface area contributed by atoms with Gasteiger partial charge in [-0.1, -0.05) is 120 Å². The normalized spacial score (nSPS) is 11.8. The molecule has 0 saturated heterocycles. The van der Waals surface area contributed by atoms with Crippen LogP contribution in [0, 0.1) is 0 Å². The standard InChI is InChI=1S/C30H44O3/c1-3-4-5-6-7-8-9-10-11-12-13-17-20-30(31)33-26(2)28-21-23-29(24-22-28)32-25-27-18-15-14-16-19-27/h14-16,18-19,21-24,26H,3-13,17,20,25H2,1-2H3. The molecule has 33 heavy (non-hydrogen) atoms. The predicted octanol–water partition coefficient (Wildman–Crippen LogP) is 8.96. The zero-order valence-corrected chi connectivity index (χ0v) is 20.9. The minimum absolute atomic E-state index is 0.0982. The summed E-state index contributed by atoms with van der Waals surface area (Å²) in [5.74, 6) is 0.719. The van der Waals surface area contributed by atoms with E-state index in [0.717, 1.165) is 29.7 Å². The van der Waals surface area contributed by atoms with Crippen molar-refractivity contribution in [3.63, 3.8) is 0 Å². The molecule has 3 nitrogen and oxygen atoms in total. The summed E-state index contributed by atoms with van der Waals surface area (Å²) in [6, 6.07) is 17.9. The summed E-state index contributed by atoms with van der Waals surface area (Å²) in [5, 5.41) is 0. The van der Waals surface area contributed by atoms with Crippen LogP contribution in [0.15, 0.2) is 54.6 Å². The van der Waals surface area contributed by atoms with Crippen LogP contribution in [-0.2, 0) is 16.1 Å². The van der Waals surface area contributed by atoms with Crippen LogP contribution in [-0.4, -0.2) is 5.97 Å². The molecule has 2 rings (SSSR count). The molecular formula is C30H44O3. The Morgan fingerprint density at radius 3 is 1.85 bits per heavy atom. The Morgan fingerprint density at radius 1 is 0.727 bits per heavy atom. The van der Waals surface area contributed by atoms with Crippen molar-refractivity contribution >= 4 is 5.97 Å². The maximum atomic E-state index is 12.2. The van der Waals surface area contributed by atoms with Crippen molar-refractivity contribution in [1.29, 1.82) is 0 Å². The van der Waals surface area contributed by atoms with Crippen LogP contribution in [0.4, 0.5) is 0 Å². The van der Waals surface area contributed by atoms with Gasteiger partial charge in [-0.2, -0.15) is 0 Å². The monoisotopic (exact) mass is 452 g/mol. The summed E-state index contributed by atoms with van der Waals surface area (Å²) in [7, 11) is 0. The molecule has 0 saturated carbocycles. The fourth-order valence-corrected chi connectivity index (χ4v) is 4.01. The molecule has 0 N–H and O–H groups in total. The lowest BCUT2D eigenvalue weighted by Gasteiger charge is -2.14. The summed E-state index contributed by atoms with van der Waals surface area (Å²) in [5.41, 5.74) is 2.13. The van der Waals surface area contributed by atoms with E-state index in [1.807, 2.05) is 61.5 Å². The number of carbonyl (C=O) groups excluding carboxylic acids is 1. The van der Waals surface area contributed by atoms with Crippen molar-refractivity contribution in [2.75, 3.05) is 0 Å². The highest BCUT2D eigenvalue weighted by molar-refractivity contribution is 5.69. The molecule has 1 atom stereocenters. The van der Waals surface area contributed by atoms with E-state index < -0.39 is 0 Å². The van der Waals surface area contributed by atoms with Gasteiger partial charge in [0.2, 0.25) is 0 Å². The molecule has 0 radical (unpaired) electrons. The Bertz CT molecular complexity index is 739. The van der Waals surface area contributed by atoms with E-state index in [9.17, 15) is 4.79 Å². The average Bonchev–Trinajstić information content (AvgIpc) is 2.84. The second-order valence-corrected chi connectivity index (χ2v) is 9.11. The summed E-state index contributed by atoms with van der Waals surface area (Å²) in [6.45, 7) is 4.74. The molecule has 3 heteroatoms. The average molecular weight is 453 g/mol. The Hall–Kier alpha value is -2.29. The van der Waals surface area contributed by atoms with Crippen LogP contribution in [0.1, 0.15) is 115 Å². The van der Waals surface area contributed by atoms with E-state index in [-0.39, 0.29) is 12.1 Å². The first-order valence-corrected chi connectivity index (χ1v) is 13.1. The highest BCUT2D eigenvalue weighted by Gasteiger charge is 2.11. The van der Waals surface area contributed by atoms with E-state index in [4.69, 9.17) is 9.47 Å². The third-order valence-corrected chi connectivity index (χ3v) is 6.14. The molecule has 0 aromatic heterocycles. The van der Waals surface area contributed by atoms with Gasteiger partial charge >= 0.3 is 5.97 Å². The first-order chi connectivity index (χ1) is 16.2. The SMILES string of the molecule is CCCCCCCCCCCCCCC(=O)OC(C)c1ccc(OCc2ccccc2)cc1. The number of esters is 1. The lowest BCUT2D eigenvalue weighted by atomic mass is 10.0. The van der Waals surface area contributed by atoms with E-state index in [2.05, 4.69) is 6.92 Å². The van der Waals surface area contributed by atoms with Gasteiger partial charge in [-0.15, -0.1) is 0 Å². The van der Waals surface area contributed by atoms with Crippen molar-refractivity contribution in [3.8, 4) is 5.75 Å². The van der Waals surface area contributed by atoms with E-state index in [0.29, 0.717) is 13.0 Å². The predicted molar refractivity (Wildman–Crippen MR) is 137 cm³/mol. The van der Waals surface area contributed by atoms with Gasteiger partial charge in [0.1, 0.15) is 18.5 Å². The molecule has 0 aliphatic rings. The Morgan fingerprint density at radius 2 is 1.27 bits per heavy atom. The fraction of sp³-hybridized carbons (Fsp3) is 0.567. The number of ether oxygens (including phenoxy) is 2. The topological polar surface area (TPSA) is 35.5 Å². The summed E-state index contributed by atoms with van der Waals surface area (Å²) < 4.78 is 11.5. The van der Waals surface area contributed by atoms with Crippen LogP contribution in [0.3, 0.4) is 0 Å². The minimum atomic E-state index is -0.238. The largest absolute Gasteiger partial charge is 0.489 e. The molecule has 0 heterocycles. The van der Waals surface area contributed by atoms with Gasteiger partial charge in [-0.05, 0) is 36.6 Å². The molecule has 0 amide bonds. The smallest absolute Gasteiger partial charge is 0.306 e. The molecule has 0 bridgehead atoms. The fourth-order valence-electron chi connectivity index (χ4n) is 4.01. The van der Waals surface area contributed by atoms with Gasteiger partial charge in [-0.25, -0.2) is 0 Å². The molecule has 0 aliphatic carbocycles. The van der Waals surface area contributed by atoms with Crippen LogP contribution in [0.5, 0.6) is 5.75 Å². The maximum absolute atomic E-state index is 12.2. The summed E-state index contributed by atoms with van der Waals surface area (Å²) >= 11 is 0. The van der Waals surface area contributed by atoms with Crippen LogP contribution >= 0.6 is 0 Å². The van der Waals surface area contributed by atoms with Gasteiger partial charge in [0.15, 0.2) is 0 Å². The van der Waals surface area contributed by atoms with Gasteiger partial charge in [-0.3, -0.25) is 4.79 Å². The Labute approximate surface area is 201 Å². The lowest BCUT2D eigenvalue weighted by Crippen LogP contribution is -2.08. The van der Waals surface area contributed by atoms with Crippen molar-refractivity contribution < 1.29 is 14.3 Å². The van der Waals surface area contributed by atoms with Crippen molar-refractivity contribution in [1.82, 2.24) is 0 Å². The quantitative estimate of drug-likeness (QED) is 0.167. The minimum Gasteiger partial charge on any atom is -0.489 e. The number of rotatable bonds is 18. The Kier molecular flexibility index (Phi) is 14.1. The first-order valence-electron chi connectivity index (χ1n) is 13.1. The molecule has 1 unspecified atom stereocenters. The van der Waals surface area contributed by atoms with Crippen LogP contribution in [0.25, 0.3) is 0 Å². The molecule has 182 valence electrons. The highest BCUT2D eigenvalue weighted by Crippen LogP contribution is 2.22. The van der Waals surface area contributed by atoms with E-state index >= 15 is 0 Å². The number of benzene rings is 2. The van der Waals surface area contributed by atoms with Crippen LogP contribution in [0.2, 0.25) is 0 Å². The molecule has 2 aromatic rings. The van der Waals surface area contributed by atoms with Gasteiger partial charge < -0.3 is 9.47 Å². The Balaban J connectivity index is 1.50. The van der Waals surface area contributed by atoms with Crippen molar-refractivity contribution in [3.05, 3.63) is 65.7 Å². The van der Waals surface area contributed by atoms with Gasteiger partial charge in [0.25, 0.3) is 0 Å². The molecular weight excluding hydrogens is 408 g/mol. The second-order valence-electron chi connectivity index (χ2n) is 9.11. The summed E-state index contributed by atoms with van der Waals surface area (Å²) in [6.07, 6.45) is 15.8. The second kappa shape index (κ2) is 17.2. The molecule has 0 aliphatic heterocycles. The summed E-state index contributed by atoms with van der Waals surface area (Å²) in [4.78, 5) is 12.2. The van der Waals surface area contributed by atoms with Gasteiger partial charge in [0, 0.05) is 6.42 Å². The number of hydrogen-bond acceptors (Lipinski definition) is 3. The third kappa shape index (κ3) is 12.5. The van der Waals surface area contributed by atoms with E-state index in [1.54, 1.807) is 0 Å². The van der Waals surface area contributed by atoms with Gasteiger partial charge in [0.05, 0.1) is 0 Å². The highest BCUT2D eigenvalue weighted by atomic mass is 16.5.